The van der Waals surface area contributed by atoms with Crippen LogP contribution in [0, 0.1) is 5.92 Å². The minimum absolute atomic E-state index is 0. The van der Waals surface area contributed by atoms with E-state index in [4.69, 9.17) is 9.73 Å². The van der Waals surface area contributed by atoms with Crippen molar-refractivity contribution in [2.45, 2.75) is 39.7 Å². The van der Waals surface area contributed by atoms with Crippen molar-refractivity contribution in [3.63, 3.8) is 0 Å². The Bertz CT molecular complexity index is 540. The second-order valence-electron chi connectivity index (χ2n) is 5.68. The van der Waals surface area contributed by atoms with E-state index in [0.29, 0.717) is 6.54 Å². The van der Waals surface area contributed by atoms with E-state index < -0.39 is 0 Å². The first-order valence-corrected chi connectivity index (χ1v) is 9.18. The normalized spacial score (nSPS) is 15.8. The standard InChI is InChI=1S/C17H27N3O2S.HI/c1-4-14-6-7-15(23-14)12-19-17(18-5-2)20-10-8-13(9-11-20)16(21)22-3;/h6-7,13H,4-5,8-12H2,1-3H3,(H,18,19);1H. The Balaban J connectivity index is 0.00000288. The largest absolute Gasteiger partial charge is 0.469 e. The molecule has 1 saturated heterocycles. The first-order valence-electron chi connectivity index (χ1n) is 8.36. The highest BCUT2D eigenvalue weighted by Gasteiger charge is 2.26. The Morgan fingerprint density at radius 1 is 1.33 bits per heavy atom. The lowest BCUT2D eigenvalue weighted by Crippen LogP contribution is -2.46. The second-order valence-corrected chi connectivity index (χ2v) is 6.93. The number of carbonyl (C=O) groups excluding carboxylic acids is 1. The summed E-state index contributed by atoms with van der Waals surface area (Å²) in [6.45, 7) is 7.50. The van der Waals surface area contributed by atoms with Gasteiger partial charge in [0.2, 0.25) is 0 Å². The van der Waals surface area contributed by atoms with Crippen LogP contribution in [0.2, 0.25) is 0 Å². The third kappa shape index (κ3) is 5.91. The molecule has 0 atom stereocenters. The molecule has 2 rings (SSSR count). The average molecular weight is 465 g/mol. The number of ether oxygens (including phenoxy) is 1. The van der Waals surface area contributed by atoms with Crippen molar-refractivity contribution in [1.29, 1.82) is 0 Å². The van der Waals surface area contributed by atoms with Gasteiger partial charge in [0.1, 0.15) is 0 Å². The van der Waals surface area contributed by atoms with Crippen molar-refractivity contribution in [3.8, 4) is 0 Å². The lowest BCUT2D eigenvalue weighted by Gasteiger charge is -2.33. The summed E-state index contributed by atoms with van der Waals surface area (Å²) in [4.78, 5) is 21.3. The summed E-state index contributed by atoms with van der Waals surface area (Å²) in [6, 6.07) is 4.35. The lowest BCUT2D eigenvalue weighted by molar-refractivity contribution is -0.146. The van der Waals surface area contributed by atoms with E-state index in [-0.39, 0.29) is 35.9 Å². The Labute approximate surface area is 165 Å². The van der Waals surface area contributed by atoms with Gasteiger partial charge in [-0.25, -0.2) is 4.99 Å². The number of thiophene rings is 1. The summed E-state index contributed by atoms with van der Waals surface area (Å²) >= 11 is 1.83. The number of nitrogens with zero attached hydrogens (tertiary/aromatic N) is 2. The van der Waals surface area contributed by atoms with E-state index in [1.54, 1.807) is 0 Å². The monoisotopic (exact) mass is 465 g/mol. The van der Waals surface area contributed by atoms with Gasteiger partial charge in [0, 0.05) is 29.4 Å². The van der Waals surface area contributed by atoms with E-state index in [1.165, 1.54) is 16.9 Å². The molecule has 0 unspecified atom stereocenters. The number of hydrogen-bond acceptors (Lipinski definition) is 4. The van der Waals surface area contributed by atoms with E-state index in [1.807, 2.05) is 11.3 Å². The second kappa shape index (κ2) is 10.9. The highest BCUT2D eigenvalue weighted by molar-refractivity contribution is 14.0. The van der Waals surface area contributed by atoms with Crippen LogP contribution < -0.4 is 5.32 Å². The number of aryl methyl sites for hydroxylation is 1. The van der Waals surface area contributed by atoms with Crippen molar-refractivity contribution in [2.75, 3.05) is 26.7 Å². The minimum atomic E-state index is -0.0859. The third-order valence-electron chi connectivity index (χ3n) is 4.11. The molecule has 0 radical (unpaired) electrons. The predicted molar refractivity (Wildman–Crippen MR) is 110 cm³/mol. The average Bonchev–Trinajstić information content (AvgIpc) is 3.06. The van der Waals surface area contributed by atoms with Gasteiger partial charge in [-0.15, -0.1) is 35.3 Å². The van der Waals surface area contributed by atoms with Crippen molar-refractivity contribution >= 4 is 47.2 Å². The van der Waals surface area contributed by atoms with Gasteiger partial charge >= 0.3 is 5.97 Å². The SMILES string of the molecule is CCNC(=NCc1ccc(CC)s1)N1CCC(C(=O)OC)CC1.I. The molecule has 0 aliphatic carbocycles. The number of halogens is 1. The predicted octanol–water partition coefficient (Wildman–Crippen LogP) is 3.28. The van der Waals surface area contributed by atoms with E-state index in [0.717, 1.165) is 44.9 Å². The van der Waals surface area contributed by atoms with E-state index in [9.17, 15) is 4.79 Å². The van der Waals surface area contributed by atoms with Gasteiger partial charge < -0.3 is 15.0 Å². The number of esters is 1. The molecule has 0 spiro atoms. The number of nitrogens with one attached hydrogen (secondary N) is 1. The first-order chi connectivity index (χ1) is 11.2. The van der Waals surface area contributed by atoms with Crippen LogP contribution in [0.1, 0.15) is 36.4 Å². The van der Waals surface area contributed by atoms with E-state index in [2.05, 4.69) is 36.2 Å². The summed E-state index contributed by atoms with van der Waals surface area (Å²) in [5.41, 5.74) is 0. The van der Waals surface area contributed by atoms with Crippen molar-refractivity contribution in [1.82, 2.24) is 10.2 Å². The smallest absolute Gasteiger partial charge is 0.308 e. The molecule has 0 saturated carbocycles. The summed E-state index contributed by atoms with van der Waals surface area (Å²) in [6.07, 6.45) is 2.74. The van der Waals surface area contributed by atoms with Crippen LogP contribution in [-0.2, 0) is 22.5 Å². The maximum Gasteiger partial charge on any atom is 0.308 e. The van der Waals surface area contributed by atoms with E-state index >= 15 is 0 Å². The molecule has 1 aromatic rings. The number of likely N-dealkylation sites (tertiary alicyclic amines) is 1. The van der Waals surface area contributed by atoms with Crippen LogP contribution in [0.4, 0.5) is 0 Å². The highest BCUT2D eigenvalue weighted by atomic mass is 127. The van der Waals surface area contributed by atoms with Gasteiger partial charge in [0.25, 0.3) is 0 Å². The number of methoxy groups -OCH3 is 1. The molecule has 1 aliphatic rings. The van der Waals surface area contributed by atoms with Gasteiger partial charge in [0.05, 0.1) is 19.6 Å². The maximum absolute atomic E-state index is 11.6. The third-order valence-corrected chi connectivity index (χ3v) is 5.33. The molecular formula is C17H28IN3O2S. The van der Waals surface area contributed by atoms with Gasteiger partial charge in [-0.2, -0.15) is 0 Å². The topological polar surface area (TPSA) is 53.9 Å². The maximum atomic E-state index is 11.6. The Hall–Kier alpha value is -0.830. The molecule has 5 nitrogen and oxygen atoms in total. The molecule has 1 N–H and O–H groups in total. The molecule has 136 valence electrons. The first kappa shape index (κ1) is 21.2. The quantitative estimate of drug-likeness (QED) is 0.314. The molecule has 0 amide bonds. The number of guanidine groups is 1. The molecule has 7 heteroatoms. The molecule has 24 heavy (non-hydrogen) atoms. The highest BCUT2D eigenvalue weighted by Crippen LogP contribution is 2.20. The number of piperidine rings is 1. The minimum Gasteiger partial charge on any atom is -0.469 e. The van der Waals surface area contributed by atoms with Crippen molar-refractivity contribution in [2.24, 2.45) is 10.9 Å². The van der Waals surface area contributed by atoms with Gasteiger partial charge in [0.15, 0.2) is 5.96 Å². The molecule has 2 heterocycles. The lowest BCUT2D eigenvalue weighted by atomic mass is 9.97. The Kier molecular flexibility index (Phi) is 9.65. The number of hydrogen-bond donors (Lipinski definition) is 1. The summed E-state index contributed by atoms with van der Waals surface area (Å²) < 4.78 is 4.85. The molecule has 1 aromatic heterocycles. The Morgan fingerprint density at radius 2 is 2.00 bits per heavy atom. The number of aliphatic imine (C=N–C) groups is 1. The van der Waals surface area contributed by atoms with Crippen LogP contribution in [0.15, 0.2) is 17.1 Å². The fourth-order valence-electron chi connectivity index (χ4n) is 2.77. The Morgan fingerprint density at radius 3 is 2.54 bits per heavy atom. The number of rotatable bonds is 5. The van der Waals surface area contributed by atoms with Crippen LogP contribution in [0.3, 0.4) is 0 Å². The fourth-order valence-corrected chi connectivity index (χ4v) is 3.65. The number of carbonyl (C=O) groups is 1. The summed E-state index contributed by atoms with van der Waals surface area (Å²) in [7, 11) is 1.46. The molecule has 1 aliphatic heterocycles. The molecular weight excluding hydrogens is 437 g/mol. The van der Waals surface area contributed by atoms with Crippen LogP contribution in [0.25, 0.3) is 0 Å². The zero-order chi connectivity index (χ0) is 16.7. The van der Waals surface area contributed by atoms with Crippen molar-refractivity contribution in [3.05, 3.63) is 21.9 Å². The zero-order valence-electron chi connectivity index (χ0n) is 14.7. The van der Waals surface area contributed by atoms with Gasteiger partial charge in [-0.3, -0.25) is 4.79 Å². The van der Waals surface area contributed by atoms with Crippen LogP contribution in [-0.4, -0.2) is 43.6 Å². The van der Waals surface area contributed by atoms with Crippen molar-refractivity contribution < 1.29 is 9.53 Å². The molecule has 1 fully saturated rings. The summed E-state index contributed by atoms with van der Waals surface area (Å²) in [5.74, 6) is 0.892. The van der Waals surface area contributed by atoms with Crippen LogP contribution >= 0.6 is 35.3 Å². The molecule has 0 aromatic carbocycles. The summed E-state index contributed by atoms with van der Waals surface area (Å²) in [5, 5.41) is 3.37. The molecule has 0 bridgehead atoms. The van der Waals surface area contributed by atoms with Crippen LogP contribution in [0.5, 0.6) is 0 Å². The fraction of sp³-hybridized carbons (Fsp3) is 0.647. The van der Waals surface area contributed by atoms with Gasteiger partial charge in [-0.1, -0.05) is 6.92 Å². The van der Waals surface area contributed by atoms with Gasteiger partial charge in [-0.05, 0) is 38.3 Å². The zero-order valence-corrected chi connectivity index (χ0v) is 17.9.